The topological polar surface area (TPSA) is 61.8 Å². The third-order valence-electron chi connectivity index (χ3n) is 2.06. The first-order valence-electron chi connectivity index (χ1n) is 6.26. The van der Waals surface area contributed by atoms with E-state index in [-0.39, 0.29) is 17.2 Å². The molecule has 0 radical (unpaired) electrons. The molecule has 6 heteroatoms. The molecule has 0 saturated carbocycles. The summed E-state index contributed by atoms with van der Waals surface area (Å²) in [7, 11) is 0. The van der Waals surface area contributed by atoms with Gasteiger partial charge >= 0.3 is 11.5 Å². The Morgan fingerprint density at radius 3 is 2.22 bits per heavy atom. The van der Waals surface area contributed by atoms with Crippen LogP contribution in [-0.2, 0) is 14.2 Å². The van der Waals surface area contributed by atoms with Gasteiger partial charge in [0.15, 0.2) is 0 Å². The van der Waals surface area contributed by atoms with Crippen LogP contribution in [-0.4, -0.2) is 36.5 Å². The van der Waals surface area contributed by atoms with Crippen LogP contribution >= 0.6 is 11.8 Å². The van der Waals surface area contributed by atoms with Crippen molar-refractivity contribution in [2.45, 2.75) is 45.3 Å². The molecule has 18 heavy (non-hydrogen) atoms. The van der Waals surface area contributed by atoms with Crippen molar-refractivity contribution in [1.82, 2.24) is 0 Å². The van der Waals surface area contributed by atoms with Crippen LogP contribution in [0.2, 0.25) is 0 Å². The molecule has 0 saturated heterocycles. The van der Waals surface area contributed by atoms with Crippen molar-refractivity contribution in [3.8, 4) is 0 Å². The Morgan fingerprint density at radius 1 is 1.00 bits per heavy atom. The van der Waals surface area contributed by atoms with E-state index in [1.165, 1.54) is 11.8 Å². The summed E-state index contributed by atoms with van der Waals surface area (Å²) in [5.41, 5.74) is 0. The summed E-state index contributed by atoms with van der Waals surface area (Å²) in [6.07, 6.45) is 1.82. The summed E-state index contributed by atoms with van der Waals surface area (Å²) in [5.74, 6) is 0. The highest BCUT2D eigenvalue weighted by molar-refractivity contribution is 8.13. The number of carbonyl (C=O) groups is 2. The zero-order chi connectivity index (χ0) is 13.8. The van der Waals surface area contributed by atoms with Gasteiger partial charge in [0.05, 0.1) is 19.8 Å². The van der Waals surface area contributed by atoms with Crippen molar-refractivity contribution in [2.24, 2.45) is 0 Å². The monoisotopic (exact) mass is 278 g/mol. The number of thioether (sulfide) groups is 1. The maximum Gasteiger partial charge on any atom is 0.508 e. The molecule has 0 aromatic carbocycles. The third kappa shape index (κ3) is 9.15. The van der Waals surface area contributed by atoms with Crippen molar-refractivity contribution in [3.63, 3.8) is 0 Å². The van der Waals surface area contributed by atoms with Gasteiger partial charge in [-0.25, -0.2) is 9.59 Å². The highest BCUT2D eigenvalue weighted by Crippen LogP contribution is 2.22. The Labute approximate surface area is 113 Å². The first-order valence-corrected chi connectivity index (χ1v) is 7.14. The van der Waals surface area contributed by atoms with E-state index in [0.29, 0.717) is 19.6 Å². The Morgan fingerprint density at radius 2 is 1.67 bits per heavy atom. The van der Waals surface area contributed by atoms with Crippen LogP contribution in [0.15, 0.2) is 0 Å². The van der Waals surface area contributed by atoms with Crippen molar-refractivity contribution >= 4 is 23.2 Å². The molecule has 0 bridgehead atoms. The van der Waals surface area contributed by atoms with Crippen LogP contribution < -0.4 is 0 Å². The summed E-state index contributed by atoms with van der Waals surface area (Å²) in [6.45, 7) is 6.48. The fourth-order valence-corrected chi connectivity index (χ4v) is 2.33. The minimum absolute atomic E-state index is 0.114. The number of hydrogen-bond acceptors (Lipinski definition) is 6. The van der Waals surface area contributed by atoms with Crippen LogP contribution in [0.25, 0.3) is 0 Å². The highest BCUT2D eigenvalue weighted by atomic mass is 32.2. The zero-order valence-corrected chi connectivity index (χ0v) is 12.1. The van der Waals surface area contributed by atoms with Gasteiger partial charge < -0.3 is 14.2 Å². The third-order valence-corrected chi connectivity index (χ3v) is 3.17. The SMILES string of the molecule is CCCC(CCOC(=O)OCC)SC(=O)OCC. The second kappa shape index (κ2) is 11.2. The Kier molecular flexibility index (Phi) is 10.6. The molecule has 0 aliphatic heterocycles. The van der Waals surface area contributed by atoms with E-state index in [4.69, 9.17) is 9.47 Å². The van der Waals surface area contributed by atoms with Crippen LogP contribution in [0.1, 0.15) is 40.0 Å². The molecule has 0 aromatic rings. The number of ether oxygens (including phenoxy) is 3. The first kappa shape index (κ1) is 17.1. The zero-order valence-electron chi connectivity index (χ0n) is 11.3. The second-order valence-corrected chi connectivity index (χ2v) is 4.77. The van der Waals surface area contributed by atoms with E-state index in [0.717, 1.165) is 12.8 Å². The van der Waals surface area contributed by atoms with Crippen molar-refractivity contribution in [1.29, 1.82) is 0 Å². The normalized spacial score (nSPS) is 11.7. The molecule has 0 aliphatic rings. The van der Waals surface area contributed by atoms with Gasteiger partial charge in [-0.3, -0.25) is 0 Å². The fraction of sp³-hybridized carbons (Fsp3) is 0.833. The van der Waals surface area contributed by atoms with Crippen LogP contribution in [0.4, 0.5) is 9.59 Å². The molecule has 0 heterocycles. The summed E-state index contributed by atoms with van der Waals surface area (Å²) in [5, 5.41) is -0.157. The lowest BCUT2D eigenvalue weighted by atomic mass is 10.2. The average Bonchev–Trinajstić information content (AvgIpc) is 2.29. The van der Waals surface area contributed by atoms with E-state index in [2.05, 4.69) is 4.74 Å². The van der Waals surface area contributed by atoms with Gasteiger partial charge in [-0.1, -0.05) is 13.3 Å². The molecule has 0 spiro atoms. The van der Waals surface area contributed by atoms with E-state index >= 15 is 0 Å². The van der Waals surface area contributed by atoms with Gasteiger partial charge in [-0.2, -0.15) is 0 Å². The van der Waals surface area contributed by atoms with E-state index < -0.39 is 6.16 Å². The summed E-state index contributed by atoms with van der Waals surface area (Å²) in [4.78, 5) is 22.3. The number of hydrogen-bond donors (Lipinski definition) is 0. The number of carbonyl (C=O) groups excluding carboxylic acids is 2. The van der Waals surface area contributed by atoms with Gasteiger partial charge in [0.2, 0.25) is 0 Å². The van der Waals surface area contributed by atoms with E-state index in [1.807, 2.05) is 6.92 Å². The molecule has 5 nitrogen and oxygen atoms in total. The Balaban J connectivity index is 3.88. The van der Waals surface area contributed by atoms with Crippen molar-refractivity contribution in [2.75, 3.05) is 19.8 Å². The highest BCUT2D eigenvalue weighted by Gasteiger charge is 2.15. The van der Waals surface area contributed by atoms with Gasteiger partial charge in [0.25, 0.3) is 0 Å². The lowest BCUT2D eigenvalue weighted by Crippen LogP contribution is -2.14. The Hall–Kier alpha value is -0.910. The minimum Gasteiger partial charge on any atom is -0.458 e. The smallest absolute Gasteiger partial charge is 0.458 e. The molecule has 0 aliphatic carbocycles. The summed E-state index contributed by atoms with van der Waals surface area (Å²) in [6, 6.07) is 0. The standard InChI is InChI=1S/C12H22O5S/c1-4-7-10(18-12(14)16-6-3)8-9-17-11(13)15-5-2/h10H,4-9H2,1-3H3. The van der Waals surface area contributed by atoms with Crippen molar-refractivity contribution in [3.05, 3.63) is 0 Å². The molecule has 106 valence electrons. The molecule has 1 unspecified atom stereocenters. The molecule has 0 aromatic heterocycles. The van der Waals surface area contributed by atoms with Crippen LogP contribution in [0, 0.1) is 0 Å². The van der Waals surface area contributed by atoms with E-state index in [1.54, 1.807) is 13.8 Å². The lowest BCUT2D eigenvalue weighted by Gasteiger charge is -2.14. The Bertz CT molecular complexity index is 245. The van der Waals surface area contributed by atoms with Crippen LogP contribution in [0.5, 0.6) is 0 Å². The molecular weight excluding hydrogens is 256 g/mol. The van der Waals surface area contributed by atoms with Crippen molar-refractivity contribution < 1.29 is 23.8 Å². The average molecular weight is 278 g/mol. The van der Waals surface area contributed by atoms with Gasteiger partial charge in [-0.05, 0) is 38.5 Å². The quantitative estimate of drug-likeness (QED) is 0.632. The lowest BCUT2D eigenvalue weighted by molar-refractivity contribution is 0.0582. The predicted octanol–water partition coefficient (Wildman–Crippen LogP) is 3.61. The molecular formula is C12H22O5S. The summed E-state index contributed by atoms with van der Waals surface area (Å²) < 4.78 is 14.4. The number of rotatable bonds is 8. The fourth-order valence-electron chi connectivity index (χ4n) is 1.31. The molecule has 1 atom stereocenters. The molecule has 0 N–H and O–H groups in total. The predicted molar refractivity (Wildman–Crippen MR) is 70.9 cm³/mol. The second-order valence-electron chi connectivity index (χ2n) is 3.53. The largest absolute Gasteiger partial charge is 0.508 e. The maximum atomic E-state index is 11.3. The van der Waals surface area contributed by atoms with Gasteiger partial charge in [0.1, 0.15) is 0 Å². The van der Waals surface area contributed by atoms with E-state index in [9.17, 15) is 9.59 Å². The van der Waals surface area contributed by atoms with Gasteiger partial charge in [0, 0.05) is 5.25 Å². The molecule has 0 fully saturated rings. The van der Waals surface area contributed by atoms with Crippen LogP contribution in [0.3, 0.4) is 0 Å². The summed E-state index contributed by atoms with van der Waals surface area (Å²) >= 11 is 1.17. The van der Waals surface area contributed by atoms with Gasteiger partial charge in [-0.15, -0.1) is 0 Å². The minimum atomic E-state index is -0.658. The molecule has 0 amide bonds. The molecule has 0 rings (SSSR count). The first-order chi connectivity index (χ1) is 8.63. The maximum absolute atomic E-state index is 11.3.